The summed E-state index contributed by atoms with van der Waals surface area (Å²) >= 11 is 5.80. The van der Waals surface area contributed by atoms with Gasteiger partial charge in [-0.15, -0.1) is 0 Å². The fourth-order valence-corrected chi connectivity index (χ4v) is 4.00. The van der Waals surface area contributed by atoms with Crippen LogP contribution < -0.4 is 0 Å². The van der Waals surface area contributed by atoms with Crippen LogP contribution in [0.4, 0.5) is 8.78 Å². The van der Waals surface area contributed by atoms with Crippen molar-refractivity contribution in [2.24, 2.45) is 0 Å². The van der Waals surface area contributed by atoms with Gasteiger partial charge in [0.25, 0.3) is 0 Å². The normalized spacial score (nSPS) is 17.9. The van der Waals surface area contributed by atoms with Crippen LogP contribution in [0.1, 0.15) is 58.0 Å². The van der Waals surface area contributed by atoms with Crippen LogP contribution in [0.2, 0.25) is 5.02 Å². The second kappa shape index (κ2) is 8.41. The van der Waals surface area contributed by atoms with Crippen molar-refractivity contribution in [3.63, 3.8) is 0 Å². The third kappa shape index (κ3) is 3.85. The molecule has 0 aromatic heterocycles. The maximum Gasteiger partial charge on any atom is 0.336 e. The summed E-state index contributed by atoms with van der Waals surface area (Å²) in [6, 6.07) is 7.38. The Morgan fingerprint density at radius 3 is 2.33 bits per heavy atom. The SMILES string of the molecule is CCC(O)(c1cc(F)c(C(=O)c2ccc(Cl)cc2)c(C(=O)O)c1)C1(F)CCOCC1. The maximum absolute atomic E-state index is 15.7. The van der Waals surface area contributed by atoms with E-state index in [9.17, 15) is 19.8 Å². The van der Waals surface area contributed by atoms with Gasteiger partial charge in [-0.1, -0.05) is 18.5 Å². The van der Waals surface area contributed by atoms with E-state index in [0.29, 0.717) is 5.02 Å². The molecule has 1 unspecified atom stereocenters. The fraction of sp³-hybridized carbons (Fsp3) is 0.364. The molecular weight excluding hydrogens is 418 g/mol. The van der Waals surface area contributed by atoms with Gasteiger partial charge >= 0.3 is 5.97 Å². The third-order valence-corrected chi connectivity index (χ3v) is 5.92. The van der Waals surface area contributed by atoms with Crippen LogP contribution in [0.5, 0.6) is 0 Å². The van der Waals surface area contributed by atoms with Crippen LogP contribution in [0, 0.1) is 5.82 Å². The van der Waals surface area contributed by atoms with E-state index >= 15 is 8.78 Å². The first-order chi connectivity index (χ1) is 14.1. The van der Waals surface area contributed by atoms with Crippen molar-refractivity contribution >= 4 is 23.4 Å². The number of carboxylic acids is 1. The molecule has 0 radical (unpaired) electrons. The number of hydrogen-bond acceptors (Lipinski definition) is 4. The highest BCUT2D eigenvalue weighted by Gasteiger charge is 2.52. The van der Waals surface area contributed by atoms with Crippen molar-refractivity contribution in [2.75, 3.05) is 13.2 Å². The molecule has 0 amide bonds. The highest BCUT2D eigenvalue weighted by molar-refractivity contribution is 6.30. The zero-order chi connectivity index (χ0) is 22.1. The standard InChI is InChI=1S/C22H21ClF2O5/c1-2-22(29,21(25)7-9-30-10-8-21)14-11-16(20(27)28)18(17(24)12-14)19(26)13-3-5-15(23)6-4-13/h3-6,11-12,29H,2,7-10H2,1H3,(H,27,28). The Morgan fingerprint density at radius 2 is 1.80 bits per heavy atom. The Hall–Kier alpha value is -2.35. The minimum absolute atomic E-state index is 0.0469. The topological polar surface area (TPSA) is 83.8 Å². The summed E-state index contributed by atoms with van der Waals surface area (Å²) in [5, 5.41) is 21.2. The van der Waals surface area contributed by atoms with Gasteiger partial charge < -0.3 is 14.9 Å². The predicted octanol–water partition coefficient (Wildman–Crippen LogP) is 4.52. The zero-order valence-electron chi connectivity index (χ0n) is 16.3. The van der Waals surface area contributed by atoms with Crippen molar-refractivity contribution in [3.05, 3.63) is 69.5 Å². The summed E-state index contributed by atoms with van der Waals surface area (Å²) < 4.78 is 35.9. The first kappa shape index (κ1) is 22.3. The number of benzene rings is 2. The molecule has 0 aliphatic carbocycles. The highest BCUT2D eigenvalue weighted by Crippen LogP contribution is 2.46. The number of halogens is 3. The van der Waals surface area contributed by atoms with E-state index in [1.807, 2.05) is 0 Å². The Bertz CT molecular complexity index is 970. The number of carbonyl (C=O) groups is 2. The second-order valence-electron chi connectivity index (χ2n) is 7.31. The number of carboxylic acid groups (broad SMARTS) is 1. The summed E-state index contributed by atoms with van der Waals surface area (Å²) in [7, 11) is 0. The number of ether oxygens (including phenoxy) is 1. The van der Waals surface area contributed by atoms with Crippen LogP contribution in [0.3, 0.4) is 0 Å². The summed E-state index contributed by atoms with van der Waals surface area (Å²) in [5.74, 6) is -3.56. The second-order valence-corrected chi connectivity index (χ2v) is 7.75. The van der Waals surface area contributed by atoms with E-state index in [2.05, 4.69) is 0 Å². The molecule has 1 atom stereocenters. The number of ketones is 1. The Labute approximate surface area is 177 Å². The van der Waals surface area contributed by atoms with Gasteiger partial charge in [0, 0.05) is 36.6 Å². The van der Waals surface area contributed by atoms with Gasteiger partial charge in [0.2, 0.25) is 0 Å². The minimum atomic E-state index is -2.14. The fourth-order valence-electron chi connectivity index (χ4n) is 3.88. The summed E-state index contributed by atoms with van der Waals surface area (Å²) in [6.45, 7) is 1.70. The van der Waals surface area contributed by atoms with Crippen LogP contribution in [0.15, 0.2) is 36.4 Å². The Balaban J connectivity index is 2.14. The maximum atomic E-state index is 15.7. The average molecular weight is 439 g/mol. The van der Waals surface area contributed by atoms with Gasteiger partial charge in [-0.05, 0) is 48.4 Å². The van der Waals surface area contributed by atoms with E-state index in [1.165, 1.54) is 31.2 Å². The lowest BCUT2D eigenvalue weighted by atomic mass is 9.72. The largest absolute Gasteiger partial charge is 0.478 e. The molecule has 3 rings (SSSR count). The molecule has 2 aromatic carbocycles. The number of carbonyl (C=O) groups excluding carboxylic acids is 1. The van der Waals surface area contributed by atoms with Gasteiger partial charge in [0.15, 0.2) is 5.78 Å². The molecule has 160 valence electrons. The van der Waals surface area contributed by atoms with Crippen molar-refractivity contribution in [1.29, 1.82) is 0 Å². The van der Waals surface area contributed by atoms with Gasteiger partial charge in [0.1, 0.15) is 17.1 Å². The molecule has 1 saturated heterocycles. The first-order valence-corrected chi connectivity index (χ1v) is 9.87. The molecule has 1 aliphatic heterocycles. The van der Waals surface area contributed by atoms with E-state index < -0.39 is 40.0 Å². The van der Waals surface area contributed by atoms with Gasteiger partial charge in [-0.25, -0.2) is 13.6 Å². The quantitative estimate of drug-likeness (QED) is 0.647. The van der Waals surface area contributed by atoms with E-state index in [0.717, 1.165) is 12.1 Å². The van der Waals surface area contributed by atoms with E-state index in [1.54, 1.807) is 0 Å². The van der Waals surface area contributed by atoms with Crippen molar-refractivity contribution in [2.45, 2.75) is 37.5 Å². The Kier molecular flexibility index (Phi) is 6.26. The van der Waals surface area contributed by atoms with Gasteiger partial charge in [-0.2, -0.15) is 0 Å². The minimum Gasteiger partial charge on any atom is -0.478 e. The van der Waals surface area contributed by atoms with E-state index in [4.69, 9.17) is 16.3 Å². The molecule has 8 heteroatoms. The number of aromatic carboxylic acids is 1. The molecular formula is C22H21ClF2O5. The molecule has 1 heterocycles. The average Bonchev–Trinajstić information content (AvgIpc) is 2.73. The van der Waals surface area contributed by atoms with Crippen LogP contribution >= 0.6 is 11.6 Å². The molecule has 0 bridgehead atoms. The highest BCUT2D eigenvalue weighted by atomic mass is 35.5. The van der Waals surface area contributed by atoms with Crippen molar-refractivity contribution in [1.82, 2.24) is 0 Å². The predicted molar refractivity (Wildman–Crippen MR) is 106 cm³/mol. The molecule has 0 spiro atoms. The lowest BCUT2D eigenvalue weighted by Gasteiger charge is -2.43. The molecule has 1 fully saturated rings. The van der Waals surface area contributed by atoms with Crippen molar-refractivity contribution in [3.8, 4) is 0 Å². The molecule has 1 aliphatic rings. The van der Waals surface area contributed by atoms with Gasteiger partial charge in [0.05, 0.1) is 11.1 Å². The van der Waals surface area contributed by atoms with E-state index in [-0.39, 0.29) is 43.6 Å². The number of rotatable bonds is 6. The van der Waals surface area contributed by atoms with Crippen LogP contribution in [0.25, 0.3) is 0 Å². The smallest absolute Gasteiger partial charge is 0.336 e. The summed E-state index contributed by atoms with van der Waals surface area (Å²) in [4.78, 5) is 24.7. The number of aliphatic hydroxyl groups is 1. The van der Waals surface area contributed by atoms with Crippen LogP contribution in [-0.2, 0) is 10.3 Å². The first-order valence-electron chi connectivity index (χ1n) is 9.49. The third-order valence-electron chi connectivity index (χ3n) is 5.67. The zero-order valence-corrected chi connectivity index (χ0v) is 17.0. The number of hydrogen-bond donors (Lipinski definition) is 2. The number of alkyl halides is 1. The van der Waals surface area contributed by atoms with Gasteiger partial charge in [-0.3, -0.25) is 4.79 Å². The molecule has 2 aromatic rings. The summed E-state index contributed by atoms with van der Waals surface area (Å²) in [5.41, 5.74) is -5.74. The summed E-state index contributed by atoms with van der Waals surface area (Å²) in [6.07, 6.45) is -0.355. The van der Waals surface area contributed by atoms with Crippen molar-refractivity contribution < 1.29 is 33.3 Å². The molecule has 0 saturated carbocycles. The molecule has 30 heavy (non-hydrogen) atoms. The molecule has 2 N–H and O–H groups in total. The van der Waals surface area contributed by atoms with Crippen LogP contribution in [-0.4, -0.2) is 40.8 Å². The Morgan fingerprint density at radius 1 is 1.20 bits per heavy atom. The lowest BCUT2D eigenvalue weighted by Crippen LogP contribution is -2.51. The lowest BCUT2D eigenvalue weighted by molar-refractivity contribution is -0.155. The monoisotopic (exact) mass is 438 g/mol. The molecule has 5 nitrogen and oxygen atoms in total.